The Morgan fingerprint density at radius 2 is 1.92 bits per heavy atom. The highest BCUT2D eigenvalue weighted by molar-refractivity contribution is 5.83. The van der Waals surface area contributed by atoms with Crippen LogP contribution in [0.15, 0.2) is 24.3 Å². The van der Waals surface area contributed by atoms with Crippen molar-refractivity contribution in [2.24, 2.45) is 11.8 Å². The van der Waals surface area contributed by atoms with Crippen LogP contribution in [0.5, 0.6) is 5.75 Å². The third-order valence-corrected chi connectivity index (χ3v) is 4.72. The lowest BCUT2D eigenvalue weighted by Crippen LogP contribution is -2.46. The highest BCUT2D eigenvalue weighted by atomic mass is 16.5. The number of ether oxygens (including phenoxy) is 1. The SMILES string of the molecule is Cc1ccc(OCCNC(=O)[C@H]2CCCN(C(=O)C3CC3)C2)cc1. The normalized spacial score (nSPS) is 20.5. The third-order valence-electron chi connectivity index (χ3n) is 4.72. The molecule has 24 heavy (non-hydrogen) atoms. The molecule has 0 spiro atoms. The van der Waals surface area contributed by atoms with E-state index in [9.17, 15) is 9.59 Å². The molecule has 5 nitrogen and oxygen atoms in total. The zero-order valence-electron chi connectivity index (χ0n) is 14.3. The van der Waals surface area contributed by atoms with E-state index in [1.54, 1.807) is 0 Å². The molecule has 5 heteroatoms. The third kappa shape index (κ3) is 4.49. The van der Waals surface area contributed by atoms with Crippen molar-refractivity contribution in [2.75, 3.05) is 26.2 Å². The van der Waals surface area contributed by atoms with Crippen molar-refractivity contribution >= 4 is 11.8 Å². The first kappa shape index (κ1) is 16.8. The van der Waals surface area contributed by atoms with E-state index in [1.807, 2.05) is 36.1 Å². The fourth-order valence-corrected chi connectivity index (χ4v) is 3.10. The van der Waals surface area contributed by atoms with Gasteiger partial charge in [0.1, 0.15) is 12.4 Å². The van der Waals surface area contributed by atoms with Crippen molar-refractivity contribution in [1.82, 2.24) is 10.2 Å². The number of piperidine rings is 1. The molecular weight excluding hydrogens is 304 g/mol. The smallest absolute Gasteiger partial charge is 0.225 e. The summed E-state index contributed by atoms with van der Waals surface area (Å²) >= 11 is 0. The van der Waals surface area contributed by atoms with Gasteiger partial charge in [0, 0.05) is 19.0 Å². The van der Waals surface area contributed by atoms with Gasteiger partial charge in [0.15, 0.2) is 0 Å². The van der Waals surface area contributed by atoms with E-state index < -0.39 is 0 Å². The molecule has 1 heterocycles. The van der Waals surface area contributed by atoms with E-state index >= 15 is 0 Å². The van der Waals surface area contributed by atoms with Crippen molar-refractivity contribution in [2.45, 2.75) is 32.6 Å². The van der Waals surface area contributed by atoms with Crippen LogP contribution in [0.2, 0.25) is 0 Å². The predicted octanol–water partition coefficient (Wildman–Crippen LogP) is 2.14. The molecule has 1 saturated heterocycles. The maximum Gasteiger partial charge on any atom is 0.225 e. The molecule has 1 N–H and O–H groups in total. The molecule has 130 valence electrons. The largest absolute Gasteiger partial charge is 0.492 e. The van der Waals surface area contributed by atoms with Gasteiger partial charge in [-0.05, 0) is 44.7 Å². The molecule has 2 aliphatic rings. The van der Waals surface area contributed by atoms with Crippen molar-refractivity contribution in [3.63, 3.8) is 0 Å². The molecule has 2 amide bonds. The predicted molar refractivity (Wildman–Crippen MR) is 91.7 cm³/mol. The number of hydrogen-bond acceptors (Lipinski definition) is 3. The van der Waals surface area contributed by atoms with Crippen LogP contribution < -0.4 is 10.1 Å². The quantitative estimate of drug-likeness (QED) is 0.813. The second-order valence-corrected chi connectivity index (χ2v) is 6.85. The number of benzene rings is 1. The Kier molecular flexibility index (Phi) is 5.38. The standard InChI is InChI=1S/C19H26N2O3/c1-14-4-8-17(9-5-14)24-12-10-20-18(22)16-3-2-11-21(13-16)19(23)15-6-7-15/h4-5,8-9,15-16H,2-3,6-7,10-13H2,1H3,(H,20,22)/t16-/m0/s1. The first-order chi connectivity index (χ1) is 11.6. The summed E-state index contributed by atoms with van der Waals surface area (Å²) in [5.41, 5.74) is 1.19. The molecule has 0 radical (unpaired) electrons. The van der Waals surface area contributed by atoms with Gasteiger partial charge in [-0.1, -0.05) is 17.7 Å². The van der Waals surface area contributed by atoms with Crippen LogP contribution in [0, 0.1) is 18.8 Å². The summed E-state index contributed by atoms with van der Waals surface area (Å²) in [6.45, 7) is 4.34. The summed E-state index contributed by atoms with van der Waals surface area (Å²) in [6, 6.07) is 7.86. The second kappa shape index (κ2) is 7.69. The zero-order chi connectivity index (χ0) is 16.9. The van der Waals surface area contributed by atoms with Crippen molar-refractivity contribution < 1.29 is 14.3 Å². The molecule has 0 bridgehead atoms. The number of carbonyl (C=O) groups excluding carboxylic acids is 2. The summed E-state index contributed by atoms with van der Waals surface area (Å²) in [6.07, 6.45) is 3.81. The molecule has 0 unspecified atom stereocenters. The molecule has 1 saturated carbocycles. The summed E-state index contributed by atoms with van der Waals surface area (Å²) in [4.78, 5) is 26.3. The first-order valence-electron chi connectivity index (χ1n) is 8.89. The van der Waals surface area contributed by atoms with Crippen molar-refractivity contribution in [1.29, 1.82) is 0 Å². The highest BCUT2D eigenvalue weighted by Gasteiger charge is 2.36. The second-order valence-electron chi connectivity index (χ2n) is 6.85. The topological polar surface area (TPSA) is 58.6 Å². The molecule has 1 aliphatic heterocycles. The van der Waals surface area contributed by atoms with Crippen molar-refractivity contribution in [3.8, 4) is 5.75 Å². The fraction of sp³-hybridized carbons (Fsp3) is 0.579. The first-order valence-corrected chi connectivity index (χ1v) is 8.89. The van der Waals surface area contributed by atoms with E-state index in [0.29, 0.717) is 19.7 Å². The van der Waals surface area contributed by atoms with E-state index in [-0.39, 0.29) is 23.7 Å². The monoisotopic (exact) mass is 330 g/mol. The van der Waals surface area contributed by atoms with Crippen LogP contribution in [0.25, 0.3) is 0 Å². The van der Waals surface area contributed by atoms with Crippen LogP contribution in [-0.2, 0) is 9.59 Å². The number of likely N-dealkylation sites (tertiary alicyclic amines) is 1. The van der Waals surface area contributed by atoms with Gasteiger partial charge in [0.25, 0.3) is 0 Å². The minimum absolute atomic E-state index is 0.0378. The molecule has 1 aromatic carbocycles. The van der Waals surface area contributed by atoms with Crippen LogP contribution in [0.3, 0.4) is 0 Å². The van der Waals surface area contributed by atoms with E-state index in [1.165, 1.54) is 5.56 Å². The number of nitrogens with zero attached hydrogens (tertiary/aromatic N) is 1. The van der Waals surface area contributed by atoms with Crippen molar-refractivity contribution in [3.05, 3.63) is 29.8 Å². The molecule has 1 aromatic rings. The minimum Gasteiger partial charge on any atom is -0.492 e. The Labute approximate surface area is 143 Å². The number of carbonyl (C=O) groups is 2. The lowest BCUT2D eigenvalue weighted by atomic mass is 9.97. The summed E-state index contributed by atoms with van der Waals surface area (Å²) in [7, 11) is 0. The molecular formula is C19H26N2O3. The summed E-state index contributed by atoms with van der Waals surface area (Å²) in [5.74, 6) is 1.25. The molecule has 1 aliphatic carbocycles. The van der Waals surface area contributed by atoms with Gasteiger partial charge in [-0.15, -0.1) is 0 Å². The average Bonchev–Trinajstić information content (AvgIpc) is 3.44. The van der Waals surface area contributed by atoms with Gasteiger partial charge in [0.05, 0.1) is 12.5 Å². The zero-order valence-corrected chi connectivity index (χ0v) is 14.3. The van der Waals surface area contributed by atoms with Gasteiger partial charge in [0.2, 0.25) is 11.8 Å². The number of hydrogen-bond donors (Lipinski definition) is 1. The summed E-state index contributed by atoms with van der Waals surface area (Å²) in [5, 5.41) is 2.94. The Morgan fingerprint density at radius 3 is 2.62 bits per heavy atom. The van der Waals surface area contributed by atoms with Crippen LogP contribution in [0.4, 0.5) is 0 Å². The summed E-state index contributed by atoms with van der Waals surface area (Å²) < 4.78 is 5.62. The molecule has 2 fully saturated rings. The number of amides is 2. The average molecular weight is 330 g/mol. The maximum atomic E-state index is 12.3. The van der Waals surface area contributed by atoms with E-state index in [0.717, 1.165) is 38.0 Å². The highest BCUT2D eigenvalue weighted by Crippen LogP contribution is 2.32. The van der Waals surface area contributed by atoms with E-state index in [4.69, 9.17) is 4.74 Å². The van der Waals surface area contributed by atoms with Gasteiger partial charge >= 0.3 is 0 Å². The molecule has 3 rings (SSSR count). The van der Waals surface area contributed by atoms with E-state index in [2.05, 4.69) is 5.32 Å². The molecule has 0 aromatic heterocycles. The Morgan fingerprint density at radius 1 is 1.17 bits per heavy atom. The van der Waals surface area contributed by atoms with Gasteiger partial charge in [-0.2, -0.15) is 0 Å². The maximum absolute atomic E-state index is 12.3. The Balaban J connectivity index is 1.38. The van der Waals surface area contributed by atoms with Gasteiger partial charge in [-0.3, -0.25) is 9.59 Å². The van der Waals surface area contributed by atoms with Crippen LogP contribution in [-0.4, -0.2) is 43.0 Å². The minimum atomic E-state index is -0.0826. The van der Waals surface area contributed by atoms with Gasteiger partial charge in [-0.25, -0.2) is 0 Å². The van der Waals surface area contributed by atoms with Crippen LogP contribution >= 0.6 is 0 Å². The van der Waals surface area contributed by atoms with Crippen LogP contribution in [0.1, 0.15) is 31.2 Å². The number of aryl methyl sites for hydroxylation is 1. The van der Waals surface area contributed by atoms with Gasteiger partial charge < -0.3 is 15.0 Å². The molecule has 1 atom stereocenters. The lowest BCUT2D eigenvalue weighted by molar-refractivity contribution is -0.136. The lowest BCUT2D eigenvalue weighted by Gasteiger charge is -2.32. The fourth-order valence-electron chi connectivity index (χ4n) is 3.10. The Hall–Kier alpha value is -2.04. The number of nitrogens with one attached hydrogen (secondary N) is 1. The Bertz CT molecular complexity index is 581. The number of rotatable bonds is 6.